The van der Waals surface area contributed by atoms with E-state index >= 15 is 0 Å². The number of anilines is 1. The van der Waals surface area contributed by atoms with Crippen LogP contribution < -0.4 is 10.1 Å². The Morgan fingerprint density at radius 1 is 1.21 bits per heavy atom. The van der Waals surface area contributed by atoms with Crippen LogP contribution in [0.5, 0.6) is 5.75 Å². The van der Waals surface area contributed by atoms with Gasteiger partial charge in [0.2, 0.25) is 5.91 Å². The Labute approximate surface area is 162 Å². The second-order valence-electron chi connectivity index (χ2n) is 5.48. The van der Waals surface area contributed by atoms with E-state index < -0.39 is 17.6 Å². The summed E-state index contributed by atoms with van der Waals surface area (Å²) >= 11 is 1.10. The number of nitrogens with zero attached hydrogens (tertiary/aromatic N) is 2. The second kappa shape index (κ2) is 8.34. The van der Waals surface area contributed by atoms with Crippen molar-refractivity contribution in [1.82, 2.24) is 10.2 Å². The van der Waals surface area contributed by atoms with Crippen LogP contribution >= 0.6 is 11.8 Å². The molecule has 0 atom stereocenters. The van der Waals surface area contributed by atoms with Crippen molar-refractivity contribution in [1.29, 1.82) is 0 Å². The number of hydrogen-bond acceptors (Lipinski definition) is 6. The second-order valence-corrected chi connectivity index (χ2v) is 6.48. The molecule has 0 saturated heterocycles. The fraction of sp³-hybridized carbons (Fsp3) is 0.167. The molecule has 28 heavy (non-hydrogen) atoms. The predicted molar refractivity (Wildman–Crippen MR) is 97.1 cm³/mol. The van der Waals surface area contributed by atoms with Crippen molar-refractivity contribution >= 4 is 23.4 Å². The first-order valence-corrected chi connectivity index (χ1v) is 8.91. The molecule has 0 spiro atoms. The van der Waals surface area contributed by atoms with Gasteiger partial charge in [0.15, 0.2) is 5.76 Å². The number of amides is 1. The van der Waals surface area contributed by atoms with Gasteiger partial charge in [-0.1, -0.05) is 11.8 Å². The molecule has 0 unspecified atom stereocenters. The highest BCUT2D eigenvalue weighted by atomic mass is 32.2. The molecule has 0 radical (unpaired) electrons. The van der Waals surface area contributed by atoms with Gasteiger partial charge in [0.05, 0.1) is 30.4 Å². The molecule has 1 aromatic carbocycles. The zero-order chi connectivity index (χ0) is 20.1. The molecule has 1 amide bonds. The fourth-order valence-electron chi connectivity index (χ4n) is 2.26. The first-order chi connectivity index (χ1) is 13.4. The van der Waals surface area contributed by atoms with Gasteiger partial charge >= 0.3 is 6.18 Å². The summed E-state index contributed by atoms with van der Waals surface area (Å²) in [5.41, 5.74) is -0.384. The van der Waals surface area contributed by atoms with E-state index in [-0.39, 0.29) is 17.2 Å². The van der Waals surface area contributed by atoms with Gasteiger partial charge in [0.25, 0.3) is 0 Å². The first-order valence-electron chi connectivity index (χ1n) is 7.92. The molecule has 0 fully saturated rings. The van der Waals surface area contributed by atoms with Gasteiger partial charge in [-0.2, -0.15) is 13.2 Å². The van der Waals surface area contributed by atoms with Crippen LogP contribution in [0.2, 0.25) is 0 Å². The molecule has 6 nitrogen and oxygen atoms in total. The molecule has 146 valence electrons. The molecular formula is C18H14F3N3O3S. The van der Waals surface area contributed by atoms with Crippen molar-refractivity contribution in [2.45, 2.75) is 11.2 Å². The smallest absolute Gasteiger partial charge is 0.416 e. The molecule has 3 aromatic rings. The van der Waals surface area contributed by atoms with Crippen molar-refractivity contribution in [2.24, 2.45) is 0 Å². The van der Waals surface area contributed by atoms with Crippen LogP contribution in [0.25, 0.3) is 11.5 Å². The van der Waals surface area contributed by atoms with E-state index in [1.807, 2.05) is 0 Å². The van der Waals surface area contributed by atoms with Crippen LogP contribution in [0.3, 0.4) is 0 Å². The summed E-state index contributed by atoms with van der Waals surface area (Å²) in [5, 5.41) is 10.9. The van der Waals surface area contributed by atoms with Gasteiger partial charge in [-0.05, 0) is 42.5 Å². The maximum Gasteiger partial charge on any atom is 0.416 e. The number of hydrogen-bond donors (Lipinski definition) is 1. The molecule has 0 aliphatic heterocycles. The minimum atomic E-state index is -4.52. The summed E-state index contributed by atoms with van der Waals surface area (Å²) < 4.78 is 48.8. The van der Waals surface area contributed by atoms with E-state index in [0.717, 1.165) is 30.0 Å². The van der Waals surface area contributed by atoms with Gasteiger partial charge in [0, 0.05) is 0 Å². The Bertz CT molecular complexity index is 945. The lowest BCUT2D eigenvalue weighted by Crippen LogP contribution is -2.16. The van der Waals surface area contributed by atoms with Gasteiger partial charge < -0.3 is 14.5 Å². The third-order valence-corrected chi connectivity index (χ3v) is 4.49. The first kappa shape index (κ1) is 19.7. The molecule has 0 saturated carbocycles. The van der Waals surface area contributed by atoms with Gasteiger partial charge in [-0.15, -0.1) is 10.2 Å². The number of thioether (sulfide) groups is 1. The van der Waals surface area contributed by atoms with Crippen molar-refractivity contribution in [3.63, 3.8) is 0 Å². The van der Waals surface area contributed by atoms with Crippen LogP contribution in [0.15, 0.2) is 58.2 Å². The SMILES string of the molecule is COc1ccc(C(F)(F)F)cc1NC(=O)CSc1ccc(-c2ccco2)nn1. The fourth-order valence-corrected chi connectivity index (χ4v) is 2.87. The number of ether oxygens (including phenoxy) is 1. The minimum Gasteiger partial charge on any atom is -0.495 e. The zero-order valence-electron chi connectivity index (χ0n) is 14.5. The zero-order valence-corrected chi connectivity index (χ0v) is 15.3. The molecule has 0 aliphatic rings. The lowest BCUT2D eigenvalue weighted by molar-refractivity contribution is -0.137. The summed E-state index contributed by atoms with van der Waals surface area (Å²) in [7, 11) is 1.31. The molecule has 1 N–H and O–H groups in total. The molecule has 2 heterocycles. The minimum absolute atomic E-state index is 0.0535. The average Bonchev–Trinajstić information content (AvgIpc) is 3.21. The Morgan fingerprint density at radius 2 is 2.04 bits per heavy atom. The normalized spacial score (nSPS) is 11.3. The maximum absolute atomic E-state index is 12.9. The lowest BCUT2D eigenvalue weighted by atomic mass is 10.2. The van der Waals surface area contributed by atoms with E-state index in [1.165, 1.54) is 13.4 Å². The van der Waals surface area contributed by atoms with Crippen molar-refractivity contribution in [2.75, 3.05) is 18.2 Å². The van der Waals surface area contributed by atoms with Crippen molar-refractivity contribution in [3.8, 4) is 17.2 Å². The quantitative estimate of drug-likeness (QED) is 0.605. The highest BCUT2D eigenvalue weighted by molar-refractivity contribution is 7.99. The number of nitrogens with one attached hydrogen (secondary N) is 1. The van der Waals surface area contributed by atoms with E-state index in [4.69, 9.17) is 9.15 Å². The van der Waals surface area contributed by atoms with Crippen molar-refractivity contribution in [3.05, 3.63) is 54.3 Å². The molecule has 3 rings (SSSR count). The summed E-state index contributed by atoms with van der Waals surface area (Å²) in [5.74, 6) is 0.140. The highest BCUT2D eigenvalue weighted by Gasteiger charge is 2.31. The molecule has 10 heteroatoms. The Kier molecular flexibility index (Phi) is 5.88. The highest BCUT2D eigenvalue weighted by Crippen LogP contribution is 2.35. The Hall–Kier alpha value is -3.01. The Balaban J connectivity index is 1.63. The molecular weight excluding hydrogens is 395 g/mol. The van der Waals surface area contributed by atoms with Gasteiger partial charge in [-0.3, -0.25) is 4.79 Å². The topological polar surface area (TPSA) is 77.2 Å². The largest absolute Gasteiger partial charge is 0.495 e. The third-order valence-electron chi connectivity index (χ3n) is 3.57. The van der Waals surface area contributed by atoms with Crippen molar-refractivity contribution < 1.29 is 27.1 Å². The van der Waals surface area contributed by atoms with E-state index in [9.17, 15) is 18.0 Å². The maximum atomic E-state index is 12.9. The van der Waals surface area contributed by atoms with Crippen LogP contribution in [0, 0.1) is 0 Å². The third kappa shape index (κ3) is 4.83. The van der Waals surface area contributed by atoms with Crippen LogP contribution in [0.1, 0.15) is 5.56 Å². The van der Waals surface area contributed by atoms with Gasteiger partial charge in [-0.25, -0.2) is 0 Å². The monoisotopic (exact) mass is 409 g/mol. The van der Waals surface area contributed by atoms with Crippen LogP contribution in [-0.4, -0.2) is 29.0 Å². The predicted octanol–water partition coefficient (Wildman–Crippen LogP) is 4.49. The van der Waals surface area contributed by atoms with E-state index in [2.05, 4.69) is 15.5 Å². The van der Waals surface area contributed by atoms with Crippen LogP contribution in [0.4, 0.5) is 18.9 Å². The summed E-state index contributed by atoms with van der Waals surface area (Å²) in [6.45, 7) is 0. The number of halogens is 3. The van der Waals surface area contributed by atoms with E-state index in [0.29, 0.717) is 16.5 Å². The molecule has 0 bridgehead atoms. The lowest BCUT2D eigenvalue weighted by Gasteiger charge is -2.13. The van der Waals surface area contributed by atoms with E-state index in [1.54, 1.807) is 24.3 Å². The number of furan rings is 1. The number of carbonyl (C=O) groups is 1. The number of aromatic nitrogens is 2. The Morgan fingerprint density at radius 3 is 2.64 bits per heavy atom. The summed E-state index contributed by atoms with van der Waals surface area (Å²) in [6.07, 6.45) is -3.00. The number of benzene rings is 1. The molecule has 0 aliphatic carbocycles. The standard InChI is InChI=1S/C18H14F3N3O3S/c1-26-14-6-4-11(18(19,20)21)9-13(14)22-16(25)10-28-17-7-5-12(23-24-17)15-3-2-8-27-15/h2-9H,10H2,1H3,(H,22,25). The average molecular weight is 409 g/mol. The summed E-state index contributed by atoms with van der Waals surface area (Å²) in [6, 6.07) is 9.72. The number of methoxy groups -OCH3 is 1. The number of rotatable bonds is 6. The summed E-state index contributed by atoms with van der Waals surface area (Å²) in [4.78, 5) is 12.1. The number of alkyl halides is 3. The number of carbonyl (C=O) groups excluding carboxylic acids is 1. The van der Waals surface area contributed by atoms with Crippen LogP contribution in [-0.2, 0) is 11.0 Å². The van der Waals surface area contributed by atoms with Gasteiger partial charge in [0.1, 0.15) is 16.5 Å². The molecule has 2 aromatic heterocycles.